The van der Waals surface area contributed by atoms with Crippen LogP contribution in [0, 0.1) is 11.8 Å². The second-order valence-corrected chi connectivity index (χ2v) is 5.88. The molecule has 1 saturated carbocycles. The molecule has 1 aliphatic carbocycles. The molecule has 0 bridgehead atoms. The van der Waals surface area contributed by atoms with E-state index >= 15 is 0 Å². The molecule has 0 amide bonds. The minimum absolute atomic E-state index is 0.0872. The highest BCUT2D eigenvalue weighted by atomic mass is 16.5. The van der Waals surface area contributed by atoms with Crippen LogP contribution < -0.4 is 0 Å². The van der Waals surface area contributed by atoms with Crippen molar-refractivity contribution >= 4 is 17.5 Å². The van der Waals surface area contributed by atoms with Gasteiger partial charge in [0.15, 0.2) is 5.78 Å². The van der Waals surface area contributed by atoms with Gasteiger partial charge in [0, 0.05) is 13.5 Å². The van der Waals surface area contributed by atoms with Crippen molar-refractivity contribution in [3.8, 4) is 0 Å². The van der Waals surface area contributed by atoms with E-state index in [1.54, 1.807) is 14.0 Å². The molecule has 0 N–H and O–H groups in total. The van der Waals surface area contributed by atoms with Crippen LogP contribution in [0.25, 0.3) is 0 Å². The van der Waals surface area contributed by atoms with Crippen LogP contribution in [-0.2, 0) is 23.9 Å². The molecular formula is C15H24O5. The van der Waals surface area contributed by atoms with Gasteiger partial charge in [-0.05, 0) is 39.5 Å². The van der Waals surface area contributed by atoms with Gasteiger partial charge in [0.1, 0.15) is 11.7 Å². The lowest BCUT2D eigenvalue weighted by Gasteiger charge is -2.31. The zero-order valence-corrected chi connectivity index (χ0v) is 12.7. The Bertz CT molecular complexity index is 386. The highest BCUT2D eigenvalue weighted by molar-refractivity contribution is 6.10. The van der Waals surface area contributed by atoms with E-state index in [-0.39, 0.29) is 42.5 Å². The predicted octanol–water partition coefficient (Wildman–Crippen LogP) is 1.92. The molecule has 0 aromatic rings. The van der Waals surface area contributed by atoms with E-state index in [0.717, 1.165) is 0 Å². The lowest BCUT2D eigenvalue weighted by atomic mass is 9.74. The van der Waals surface area contributed by atoms with Gasteiger partial charge < -0.3 is 9.47 Å². The molecular weight excluding hydrogens is 260 g/mol. The van der Waals surface area contributed by atoms with Crippen molar-refractivity contribution < 1.29 is 23.9 Å². The van der Waals surface area contributed by atoms with E-state index in [1.165, 1.54) is 0 Å². The Hall–Kier alpha value is -1.23. The van der Waals surface area contributed by atoms with E-state index in [9.17, 15) is 14.4 Å². The maximum absolute atomic E-state index is 12.0. The number of rotatable bonds is 6. The van der Waals surface area contributed by atoms with Gasteiger partial charge in [-0.1, -0.05) is 0 Å². The topological polar surface area (TPSA) is 69.7 Å². The largest absolute Gasteiger partial charge is 0.465 e. The maximum Gasteiger partial charge on any atom is 0.316 e. The van der Waals surface area contributed by atoms with Crippen LogP contribution in [0.3, 0.4) is 0 Å². The summed E-state index contributed by atoms with van der Waals surface area (Å²) in [5.74, 6) is -1.95. The fourth-order valence-corrected chi connectivity index (χ4v) is 2.51. The summed E-state index contributed by atoms with van der Waals surface area (Å²) < 4.78 is 10.3. The second kappa shape index (κ2) is 6.97. The molecule has 0 aromatic carbocycles. The van der Waals surface area contributed by atoms with Gasteiger partial charge in [-0.3, -0.25) is 14.4 Å². The molecule has 5 heteroatoms. The van der Waals surface area contributed by atoms with Crippen molar-refractivity contribution in [3.05, 3.63) is 0 Å². The molecule has 114 valence electrons. The third-order valence-electron chi connectivity index (χ3n) is 3.89. The highest BCUT2D eigenvalue weighted by Gasteiger charge is 2.41. The summed E-state index contributed by atoms with van der Waals surface area (Å²) in [4.78, 5) is 35.5. The highest BCUT2D eigenvalue weighted by Crippen LogP contribution is 2.32. The summed E-state index contributed by atoms with van der Waals surface area (Å²) in [6.45, 7) is 5.84. The quantitative estimate of drug-likeness (QED) is 0.550. The van der Waals surface area contributed by atoms with Crippen LogP contribution in [-0.4, -0.2) is 36.9 Å². The summed E-state index contributed by atoms with van der Waals surface area (Å²) in [5.41, 5.74) is -0.331. The van der Waals surface area contributed by atoms with Crippen molar-refractivity contribution in [1.29, 1.82) is 0 Å². The molecule has 0 radical (unpaired) electrons. The summed E-state index contributed by atoms with van der Waals surface area (Å²) >= 11 is 0. The molecule has 1 fully saturated rings. The molecule has 0 unspecified atom stereocenters. The monoisotopic (exact) mass is 284 g/mol. The van der Waals surface area contributed by atoms with Crippen LogP contribution in [0.5, 0.6) is 0 Å². The number of carbonyl (C=O) groups excluding carboxylic acids is 3. The van der Waals surface area contributed by atoms with E-state index in [2.05, 4.69) is 0 Å². The maximum atomic E-state index is 12.0. The second-order valence-electron chi connectivity index (χ2n) is 5.88. The normalized spacial score (nSPS) is 23.8. The van der Waals surface area contributed by atoms with Crippen molar-refractivity contribution in [1.82, 2.24) is 0 Å². The Morgan fingerprint density at radius 2 is 2.00 bits per heavy atom. The third-order valence-corrected chi connectivity index (χ3v) is 3.89. The van der Waals surface area contributed by atoms with Gasteiger partial charge in [-0.25, -0.2) is 0 Å². The zero-order valence-electron chi connectivity index (χ0n) is 12.7. The summed E-state index contributed by atoms with van der Waals surface area (Å²) in [5, 5.41) is 0. The number of ketones is 2. The SMILES string of the molecule is CCOC(=O)[C@H]1C(=O)CC(=O)C[C@H]1CCC(C)(C)OC. The minimum atomic E-state index is -0.791. The first-order chi connectivity index (χ1) is 9.30. The van der Waals surface area contributed by atoms with Gasteiger partial charge in [0.25, 0.3) is 0 Å². The fraction of sp³-hybridized carbons (Fsp3) is 0.800. The van der Waals surface area contributed by atoms with Gasteiger partial charge >= 0.3 is 5.97 Å². The molecule has 0 aromatic heterocycles. The minimum Gasteiger partial charge on any atom is -0.465 e. The molecule has 1 rings (SSSR count). The molecule has 5 nitrogen and oxygen atoms in total. The molecule has 0 aliphatic heterocycles. The van der Waals surface area contributed by atoms with Gasteiger partial charge in [0.2, 0.25) is 0 Å². The number of ether oxygens (including phenoxy) is 2. The summed E-state index contributed by atoms with van der Waals surface area (Å²) in [7, 11) is 1.63. The average Bonchev–Trinajstić information content (AvgIpc) is 2.36. The first-order valence-electron chi connectivity index (χ1n) is 7.07. The van der Waals surface area contributed by atoms with E-state index in [0.29, 0.717) is 12.8 Å². The third kappa shape index (κ3) is 4.40. The van der Waals surface area contributed by atoms with Crippen LogP contribution in [0.15, 0.2) is 0 Å². The standard InChI is InChI=1S/C15H24O5/c1-5-20-14(18)13-10(6-7-15(2,3)19-4)8-11(16)9-12(13)17/h10,13H,5-9H2,1-4H3/t10-,13-/m1/s1. The summed E-state index contributed by atoms with van der Waals surface area (Å²) in [6, 6.07) is 0. The van der Waals surface area contributed by atoms with Crippen molar-refractivity contribution in [3.63, 3.8) is 0 Å². The van der Waals surface area contributed by atoms with Gasteiger partial charge in [-0.2, -0.15) is 0 Å². The molecule has 20 heavy (non-hydrogen) atoms. The molecule has 0 saturated heterocycles. The number of esters is 1. The van der Waals surface area contributed by atoms with Crippen molar-refractivity contribution in [2.75, 3.05) is 13.7 Å². The number of methoxy groups -OCH3 is 1. The summed E-state index contributed by atoms with van der Waals surface area (Å²) in [6.07, 6.45) is 1.41. The van der Waals surface area contributed by atoms with Crippen molar-refractivity contribution in [2.45, 2.75) is 52.1 Å². The van der Waals surface area contributed by atoms with Crippen molar-refractivity contribution in [2.24, 2.45) is 11.8 Å². The van der Waals surface area contributed by atoms with Crippen LogP contribution >= 0.6 is 0 Å². The first-order valence-corrected chi connectivity index (χ1v) is 7.07. The number of hydrogen-bond donors (Lipinski definition) is 0. The molecule has 0 heterocycles. The Balaban J connectivity index is 2.78. The molecule has 2 atom stereocenters. The van der Waals surface area contributed by atoms with Gasteiger partial charge in [0.05, 0.1) is 18.6 Å². The van der Waals surface area contributed by atoms with Gasteiger partial charge in [-0.15, -0.1) is 0 Å². The smallest absolute Gasteiger partial charge is 0.316 e. The number of carbonyl (C=O) groups is 3. The van der Waals surface area contributed by atoms with Crippen LogP contribution in [0.1, 0.15) is 46.5 Å². The van der Waals surface area contributed by atoms with E-state index < -0.39 is 11.9 Å². The Labute approximate surface area is 120 Å². The first kappa shape index (κ1) is 16.8. The number of hydrogen-bond acceptors (Lipinski definition) is 5. The zero-order chi connectivity index (χ0) is 15.3. The lowest BCUT2D eigenvalue weighted by Crippen LogP contribution is -2.40. The Kier molecular flexibility index (Phi) is 5.87. The fourth-order valence-electron chi connectivity index (χ4n) is 2.51. The lowest BCUT2D eigenvalue weighted by molar-refractivity contribution is -0.156. The molecule has 1 aliphatic rings. The van der Waals surface area contributed by atoms with Crippen LogP contribution in [0.2, 0.25) is 0 Å². The Morgan fingerprint density at radius 3 is 2.55 bits per heavy atom. The van der Waals surface area contributed by atoms with Crippen LogP contribution in [0.4, 0.5) is 0 Å². The average molecular weight is 284 g/mol. The number of Topliss-reactive ketones (excluding diaryl/α,β-unsaturated/α-hetero) is 2. The van der Waals surface area contributed by atoms with E-state index in [4.69, 9.17) is 9.47 Å². The Morgan fingerprint density at radius 1 is 1.35 bits per heavy atom. The predicted molar refractivity (Wildman–Crippen MR) is 73.2 cm³/mol. The van der Waals surface area contributed by atoms with E-state index in [1.807, 2.05) is 13.8 Å². The molecule has 0 spiro atoms.